The summed E-state index contributed by atoms with van der Waals surface area (Å²) in [7, 11) is 0. The Labute approximate surface area is 123 Å². The Balaban J connectivity index is 1.82. The van der Waals surface area contributed by atoms with Gasteiger partial charge in [-0.05, 0) is 24.5 Å². The van der Waals surface area contributed by atoms with Crippen LogP contribution in [0, 0.1) is 0 Å². The Kier molecular flexibility index (Phi) is 3.74. The first-order valence-electron chi connectivity index (χ1n) is 6.71. The molecule has 0 bridgehead atoms. The molecule has 20 heavy (non-hydrogen) atoms. The van der Waals surface area contributed by atoms with Gasteiger partial charge in [-0.25, -0.2) is 9.97 Å². The number of nitrogens with one attached hydrogen (secondary N) is 1. The van der Waals surface area contributed by atoms with Gasteiger partial charge >= 0.3 is 0 Å². The number of aromatic nitrogens is 2. The second-order valence-electron chi connectivity index (χ2n) is 4.72. The number of ether oxygens (including phenoxy) is 1. The van der Waals surface area contributed by atoms with Gasteiger partial charge in [0.05, 0.1) is 18.0 Å². The van der Waals surface area contributed by atoms with E-state index >= 15 is 0 Å². The first-order valence-corrected chi connectivity index (χ1v) is 7.15. The van der Waals surface area contributed by atoms with E-state index in [1.807, 2.05) is 19.1 Å². The number of anilines is 1. The summed E-state index contributed by atoms with van der Waals surface area (Å²) in [6, 6.07) is 10.2. The van der Waals surface area contributed by atoms with Gasteiger partial charge in [0, 0.05) is 6.07 Å². The van der Waals surface area contributed by atoms with E-state index in [-0.39, 0.29) is 11.4 Å². The van der Waals surface area contributed by atoms with Crippen molar-refractivity contribution in [1.82, 2.24) is 9.97 Å². The van der Waals surface area contributed by atoms with Gasteiger partial charge in [-0.1, -0.05) is 24.3 Å². The number of fused-ring (bicyclic) bond motifs is 1. The molecular weight excluding hydrogens is 274 g/mol. The van der Waals surface area contributed by atoms with E-state index < -0.39 is 0 Å². The van der Waals surface area contributed by atoms with E-state index in [0.29, 0.717) is 12.5 Å². The SMILES string of the molecule is CCOc1cc(NC2c3ccccc3CC2Cl)ncn1. The van der Waals surface area contributed by atoms with Gasteiger partial charge in [-0.2, -0.15) is 0 Å². The number of hydrogen-bond donors (Lipinski definition) is 1. The van der Waals surface area contributed by atoms with Gasteiger partial charge in [0.1, 0.15) is 12.1 Å². The van der Waals surface area contributed by atoms with Gasteiger partial charge in [0.25, 0.3) is 0 Å². The Hall–Kier alpha value is -1.81. The second kappa shape index (κ2) is 5.67. The van der Waals surface area contributed by atoms with Gasteiger partial charge in [-0.15, -0.1) is 11.6 Å². The Morgan fingerprint density at radius 2 is 2.20 bits per heavy atom. The first kappa shape index (κ1) is 13.2. The normalized spacial score (nSPS) is 20.5. The molecule has 1 aromatic carbocycles. The smallest absolute Gasteiger partial charge is 0.218 e. The summed E-state index contributed by atoms with van der Waals surface area (Å²) in [6.07, 6.45) is 2.37. The zero-order chi connectivity index (χ0) is 13.9. The first-order chi connectivity index (χ1) is 9.78. The summed E-state index contributed by atoms with van der Waals surface area (Å²) in [5, 5.41) is 3.41. The number of rotatable bonds is 4. The minimum atomic E-state index is 0.0258. The van der Waals surface area contributed by atoms with Gasteiger partial charge < -0.3 is 10.1 Å². The summed E-state index contributed by atoms with van der Waals surface area (Å²) < 4.78 is 5.38. The zero-order valence-electron chi connectivity index (χ0n) is 11.2. The predicted octanol–water partition coefficient (Wildman–Crippen LogP) is 3.19. The van der Waals surface area contributed by atoms with Crippen LogP contribution in [0.3, 0.4) is 0 Å². The van der Waals surface area contributed by atoms with Crippen molar-refractivity contribution in [2.45, 2.75) is 24.8 Å². The predicted molar refractivity (Wildman–Crippen MR) is 79.4 cm³/mol. The van der Waals surface area contributed by atoms with Crippen molar-refractivity contribution >= 4 is 17.4 Å². The maximum atomic E-state index is 6.46. The lowest BCUT2D eigenvalue weighted by molar-refractivity contribution is 0.326. The molecule has 2 aromatic rings. The van der Waals surface area contributed by atoms with Crippen molar-refractivity contribution in [3.05, 3.63) is 47.8 Å². The highest BCUT2D eigenvalue weighted by Crippen LogP contribution is 2.36. The van der Waals surface area contributed by atoms with Gasteiger partial charge in [0.15, 0.2) is 0 Å². The second-order valence-corrected chi connectivity index (χ2v) is 5.28. The zero-order valence-corrected chi connectivity index (χ0v) is 12.0. The Morgan fingerprint density at radius 1 is 1.35 bits per heavy atom. The monoisotopic (exact) mass is 289 g/mol. The van der Waals surface area contributed by atoms with E-state index in [1.54, 1.807) is 6.07 Å². The molecule has 1 N–H and O–H groups in total. The highest BCUT2D eigenvalue weighted by Gasteiger charge is 2.30. The maximum absolute atomic E-state index is 6.46. The quantitative estimate of drug-likeness (QED) is 0.878. The Morgan fingerprint density at radius 3 is 3.05 bits per heavy atom. The third kappa shape index (κ3) is 2.56. The third-order valence-electron chi connectivity index (χ3n) is 3.40. The lowest BCUT2D eigenvalue weighted by Gasteiger charge is -2.18. The fraction of sp³-hybridized carbons (Fsp3) is 0.333. The fourth-order valence-electron chi connectivity index (χ4n) is 2.52. The topological polar surface area (TPSA) is 47.0 Å². The van der Waals surface area contributed by atoms with E-state index in [1.165, 1.54) is 17.5 Å². The summed E-state index contributed by atoms with van der Waals surface area (Å²) in [4.78, 5) is 8.29. The van der Waals surface area contributed by atoms with Crippen LogP contribution in [0.25, 0.3) is 0 Å². The third-order valence-corrected chi connectivity index (χ3v) is 3.81. The number of halogens is 1. The molecule has 3 rings (SSSR count). The molecule has 0 aliphatic heterocycles. The molecule has 5 heteroatoms. The van der Waals surface area contributed by atoms with Crippen LogP contribution in [-0.4, -0.2) is 22.0 Å². The maximum Gasteiger partial charge on any atom is 0.218 e. The van der Waals surface area contributed by atoms with Crippen LogP contribution < -0.4 is 10.1 Å². The number of hydrogen-bond acceptors (Lipinski definition) is 4. The van der Waals surface area contributed by atoms with E-state index in [4.69, 9.17) is 16.3 Å². The molecule has 0 saturated heterocycles. The average Bonchev–Trinajstić information content (AvgIpc) is 2.76. The van der Waals surface area contributed by atoms with Crippen LogP contribution in [0.4, 0.5) is 5.82 Å². The van der Waals surface area contributed by atoms with Gasteiger partial charge in [0.2, 0.25) is 5.88 Å². The number of benzene rings is 1. The minimum absolute atomic E-state index is 0.0258. The van der Waals surface area contributed by atoms with Gasteiger partial charge in [-0.3, -0.25) is 0 Å². The van der Waals surface area contributed by atoms with Crippen molar-refractivity contribution < 1.29 is 4.74 Å². The highest BCUT2D eigenvalue weighted by atomic mass is 35.5. The highest BCUT2D eigenvalue weighted by molar-refractivity contribution is 6.21. The molecular formula is C15H16ClN3O. The molecule has 104 valence electrons. The summed E-state index contributed by atoms with van der Waals surface area (Å²) in [5.74, 6) is 1.30. The number of alkyl halides is 1. The van der Waals surface area contributed by atoms with Crippen LogP contribution in [0.1, 0.15) is 24.1 Å². The average molecular weight is 290 g/mol. The summed E-state index contributed by atoms with van der Waals surface area (Å²) in [5.41, 5.74) is 2.54. The lowest BCUT2D eigenvalue weighted by Crippen LogP contribution is -2.17. The van der Waals surface area contributed by atoms with Crippen molar-refractivity contribution in [2.24, 2.45) is 0 Å². The molecule has 2 unspecified atom stereocenters. The van der Waals surface area contributed by atoms with Crippen molar-refractivity contribution in [3.63, 3.8) is 0 Å². The fourth-order valence-corrected chi connectivity index (χ4v) is 2.88. The molecule has 0 saturated carbocycles. The van der Waals surface area contributed by atoms with Crippen molar-refractivity contribution in [3.8, 4) is 5.88 Å². The molecule has 2 atom stereocenters. The summed E-state index contributed by atoms with van der Waals surface area (Å²) >= 11 is 6.46. The van der Waals surface area contributed by atoms with E-state index in [0.717, 1.165) is 12.2 Å². The Bertz CT molecular complexity index is 605. The van der Waals surface area contributed by atoms with Crippen LogP contribution in [-0.2, 0) is 6.42 Å². The molecule has 0 spiro atoms. The van der Waals surface area contributed by atoms with Crippen LogP contribution >= 0.6 is 11.6 Å². The van der Waals surface area contributed by atoms with Crippen LogP contribution in [0.15, 0.2) is 36.7 Å². The molecule has 1 aliphatic rings. The lowest BCUT2D eigenvalue weighted by atomic mass is 10.1. The molecule has 0 radical (unpaired) electrons. The molecule has 0 fully saturated rings. The van der Waals surface area contributed by atoms with Crippen molar-refractivity contribution in [1.29, 1.82) is 0 Å². The van der Waals surface area contributed by atoms with Crippen LogP contribution in [0.5, 0.6) is 5.88 Å². The van der Waals surface area contributed by atoms with E-state index in [9.17, 15) is 0 Å². The largest absolute Gasteiger partial charge is 0.478 e. The standard InChI is InChI=1S/C15H16ClN3O/c1-2-20-14-8-13(17-9-18-14)19-15-11-6-4-3-5-10(11)7-12(15)16/h3-6,8-9,12,15H,2,7H2,1H3,(H,17,18,19). The summed E-state index contributed by atoms with van der Waals surface area (Å²) in [6.45, 7) is 2.51. The minimum Gasteiger partial charge on any atom is -0.478 e. The molecule has 1 aromatic heterocycles. The molecule has 0 amide bonds. The number of nitrogens with zero attached hydrogens (tertiary/aromatic N) is 2. The van der Waals surface area contributed by atoms with Crippen LogP contribution in [0.2, 0.25) is 0 Å². The van der Waals surface area contributed by atoms with E-state index in [2.05, 4.69) is 27.4 Å². The molecule has 1 heterocycles. The van der Waals surface area contributed by atoms with Crippen molar-refractivity contribution in [2.75, 3.05) is 11.9 Å². The molecule has 1 aliphatic carbocycles. The molecule has 4 nitrogen and oxygen atoms in total.